The van der Waals surface area contributed by atoms with Crippen LogP contribution in [-0.4, -0.2) is 23.8 Å². The van der Waals surface area contributed by atoms with Gasteiger partial charge in [-0.1, -0.05) is 18.2 Å². The van der Waals surface area contributed by atoms with E-state index in [9.17, 15) is 10.2 Å². The highest BCUT2D eigenvalue weighted by molar-refractivity contribution is 5.85. The van der Waals surface area contributed by atoms with Crippen LogP contribution >= 0.6 is 12.4 Å². The zero-order chi connectivity index (χ0) is 16.2. The van der Waals surface area contributed by atoms with Crippen molar-refractivity contribution in [3.63, 3.8) is 0 Å². The van der Waals surface area contributed by atoms with Gasteiger partial charge >= 0.3 is 0 Å². The molecule has 0 spiro atoms. The number of hydrogen-bond acceptors (Lipinski definition) is 3. The summed E-state index contributed by atoms with van der Waals surface area (Å²) in [5.74, 6) is 1.58. The van der Waals surface area contributed by atoms with E-state index in [2.05, 4.69) is 17.4 Å². The summed E-state index contributed by atoms with van der Waals surface area (Å²) in [6.45, 7) is 0.896. The summed E-state index contributed by atoms with van der Waals surface area (Å²) in [4.78, 5) is 0. The van der Waals surface area contributed by atoms with Crippen LogP contribution < -0.4 is 5.32 Å². The number of aryl methyl sites for hydroxylation is 1. The summed E-state index contributed by atoms with van der Waals surface area (Å²) in [5, 5.41) is 22.8. The first-order valence-electron chi connectivity index (χ1n) is 8.42. The van der Waals surface area contributed by atoms with Crippen molar-refractivity contribution in [1.82, 2.24) is 5.32 Å². The van der Waals surface area contributed by atoms with Crippen molar-refractivity contribution < 1.29 is 10.2 Å². The van der Waals surface area contributed by atoms with Crippen LogP contribution in [0.3, 0.4) is 0 Å². The number of hydrogen-bond donors (Lipinski definition) is 3. The molecule has 0 fully saturated rings. The maximum Gasteiger partial charge on any atom is 0.115 e. The van der Waals surface area contributed by atoms with Crippen LogP contribution in [0.2, 0.25) is 0 Å². The Hall–Kier alpha value is -1.71. The van der Waals surface area contributed by atoms with E-state index in [1.54, 1.807) is 12.1 Å². The number of benzene rings is 2. The Morgan fingerprint density at radius 1 is 1.12 bits per heavy atom. The monoisotopic (exact) mass is 347 g/mol. The number of fused-ring (bicyclic) bond motifs is 1. The third-order valence-corrected chi connectivity index (χ3v) is 4.93. The van der Waals surface area contributed by atoms with Crippen LogP contribution in [0.15, 0.2) is 42.5 Å². The quantitative estimate of drug-likeness (QED) is 0.754. The lowest BCUT2D eigenvalue weighted by molar-refractivity contribution is 0.448. The standard InChI is InChI=1S/C20H25NO2.ClH/c1-21-13-17(14-4-3-7-18(22)11-14)10-15-5-2-6-16-12-19(23)8-9-20(15)16;/h3-4,7-9,11-12,15,17,21-23H,2,5-6,10,13H2,1H3;1H. The van der Waals surface area contributed by atoms with Gasteiger partial charge in [0.25, 0.3) is 0 Å². The summed E-state index contributed by atoms with van der Waals surface area (Å²) in [6, 6.07) is 13.4. The van der Waals surface area contributed by atoms with Gasteiger partial charge in [0.2, 0.25) is 0 Å². The minimum Gasteiger partial charge on any atom is -0.508 e. The molecule has 4 heteroatoms. The molecule has 0 amide bonds. The van der Waals surface area contributed by atoms with Gasteiger partial charge in [-0.15, -0.1) is 12.4 Å². The van der Waals surface area contributed by atoms with Gasteiger partial charge in [-0.3, -0.25) is 0 Å². The van der Waals surface area contributed by atoms with Crippen molar-refractivity contribution in [2.45, 2.75) is 37.5 Å². The molecule has 0 bridgehead atoms. The maximum atomic E-state index is 9.78. The molecule has 0 heterocycles. The van der Waals surface area contributed by atoms with Gasteiger partial charge in [-0.25, -0.2) is 0 Å². The molecule has 3 rings (SSSR count). The molecule has 1 aliphatic carbocycles. The number of phenols is 2. The lowest BCUT2D eigenvalue weighted by Crippen LogP contribution is -2.21. The van der Waals surface area contributed by atoms with Gasteiger partial charge < -0.3 is 15.5 Å². The lowest BCUT2D eigenvalue weighted by Gasteiger charge is -2.29. The van der Waals surface area contributed by atoms with Crippen molar-refractivity contribution in [2.75, 3.05) is 13.6 Å². The molecule has 0 aliphatic heterocycles. The zero-order valence-corrected chi connectivity index (χ0v) is 14.9. The molecular formula is C20H26ClNO2. The van der Waals surface area contributed by atoms with Crippen LogP contribution in [0.5, 0.6) is 11.5 Å². The predicted molar refractivity (Wildman–Crippen MR) is 100 cm³/mol. The number of phenolic OH excluding ortho intramolecular Hbond substituents is 2. The summed E-state index contributed by atoms with van der Waals surface area (Å²) < 4.78 is 0. The third-order valence-electron chi connectivity index (χ3n) is 4.93. The Labute approximate surface area is 150 Å². The Morgan fingerprint density at radius 3 is 2.67 bits per heavy atom. The van der Waals surface area contributed by atoms with Crippen molar-refractivity contribution in [2.24, 2.45) is 0 Å². The van der Waals surface area contributed by atoms with E-state index in [1.165, 1.54) is 29.5 Å². The molecule has 1 aliphatic rings. The Kier molecular flexibility index (Phi) is 6.52. The number of halogens is 1. The zero-order valence-electron chi connectivity index (χ0n) is 14.0. The molecule has 130 valence electrons. The Balaban J connectivity index is 0.00000208. The third kappa shape index (κ3) is 4.22. The van der Waals surface area contributed by atoms with E-state index in [0.29, 0.717) is 23.3 Å². The molecule has 0 saturated heterocycles. The highest BCUT2D eigenvalue weighted by Gasteiger charge is 2.24. The second kappa shape index (κ2) is 8.41. The molecule has 2 aromatic rings. The Bertz CT molecular complexity index is 674. The first kappa shape index (κ1) is 18.6. The molecule has 0 saturated carbocycles. The molecule has 0 aromatic heterocycles. The van der Waals surface area contributed by atoms with E-state index < -0.39 is 0 Å². The van der Waals surface area contributed by atoms with Crippen molar-refractivity contribution >= 4 is 12.4 Å². The number of likely N-dealkylation sites (N-methyl/N-ethyl adjacent to an activating group) is 1. The van der Waals surface area contributed by atoms with Crippen molar-refractivity contribution in [3.8, 4) is 11.5 Å². The molecule has 2 aromatic carbocycles. The number of nitrogens with one attached hydrogen (secondary N) is 1. The van der Waals surface area contributed by atoms with Gasteiger partial charge in [-0.2, -0.15) is 0 Å². The second-order valence-electron chi connectivity index (χ2n) is 6.56. The first-order valence-corrected chi connectivity index (χ1v) is 8.42. The van der Waals surface area contributed by atoms with Crippen molar-refractivity contribution in [3.05, 3.63) is 59.2 Å². The largest absolute Gasteiger partial charge is 0.508 e. The number of aromatic hydroxyl groups is 2. The molecule has 3 nitrogen and oxygen atoms in total. The van der Waals surface area contributed by atoms with E-state index >= 15 is 0 Å². The predicted octanol–water partition coefficient (Wildman–Crippen LogP) is 4.33. The van der Waals surface area contributed by atoms with Gasteiger partial charge in [0.1, 0.15) is 11.5 Å². The van der Waals surface area contributed by atoms with Crippen LogP contribution in [0, 0.1) is 0 Å². The molecule has 24 heavy (non-hydrogen) atoms. The fourth-order valence-corrected chi connectivity index (χ4v) is 3.85. The maximum absolute atomic E-state index is 9.78. The average molecular weight is 348 g/mol. The van der Waals surface area contributed by atoms with Gasteiger partial charge in [0, 0.05) is 6.54 Å². The van der Waals surface area contributed by atoms with E-state index in [1.807, 2.05) is 25.2 Å². The van der Waals surface area contributed by atoms with Gasteiger partial charge in [-0.05, 0) is 85.5 Å². The first-order chi connectivity index (χ1) is 11.2. The summed E-state index contributed by atoms with van der Waals surface area (Å²) in [7, 11) is 1.97. The minimum absolute atomic E-state index is 0. The SMILES string of the molecule is CNCC(CC1CCCc2cc(O)ccc21)c1cccc(O)c1.Cl. The van der Waals surface area contributed by atoms with Crippen LogP contribution in [-0.2, 0) is 6.42 Å². The van der Waals surface area contributed by atoms with E-state index in [-0.39, 0.29) is 12.4 Å². The topological polar surface area (TPSA) is 52.5 Å². The van der Waals surface area contributed by atoms with E-state index in [4.69, 9.17) is 0 Å². The van der Waals surface area contributed by atoms with Crippen LogP contribution in [0.1, 0.15) is 47.8 Å². The Morgan fingerprint density at radius 2 is 1.92 bits per heavy atom. The highest BCUT2D eigenvalue weighted by Crippen LogP contribution is 2.39. The molecular weight excluding hydrogens is 322 g/mol. The van der Waals surface area contributed by atoms with Gasteiger partial charge in [0.15, 0.2) is 0 Å². The van der Waals surface area contributed by atoms with Crippen molar-refractivity contribution in [1.29, 1.82) is 0 Å². The van der Waals surface area contributed by atoms with E-state index in [0.717, 1.165) is 19.4 Å². The summed E-state index contributed by atoms with van der Waals surface area (Å²) in [6.07, 6.45) is 4.48. The smallest absolute Gasteiger partial charge is 0.115 e. The average Bonchev–Trinajstić information content (AvgIpc) is 2.54. The molecule has 3 N–H and O–H groups in total. The molecule has 2 atom stereocenters. The molecule has 0 radical (unpaired) electrons. The second-order valence-corrected chi connectivity index (χ2v) is 6.56. The lowest BCUT2D eigenvalue weighted by atomic mass is 9.76. The van der Waals surface area contributed by atoms with Gasteiger partial charge in [0.05, 0.1) is 0 Å². The van der Waals surface area contributed by atoms with Crippen LogP contribution in [0.4, 0.5) is 0 Å². The summed E-state index contributed by atoms with van der Waals surface area (Å²) in [5.41, 5.74) is 3.86. The highest BCUT2D eigenvalue weighted by atomic mass is 35.5. The normalized spacial score (nSPS) is 17.6. The summed E-state index contributed by atoms with van der Waals surface area (Å²) >= 11 is 0. The minimum atomic E-state index is 0. The van der Waals surface area contributed by atoms with Crippen LogP contribution in [0.25, 0.3) is 0 Å². The molecule has 2 unspecified atom stereocenters. The fraction of sp³-hybridized carbons (Fsp3) is 0.400. The number of rotatable bonds is 5. The fourth-order valence-electron chi connectivity index (χ4n) is 3.85.